The molecule has 0 fully saturated rings. The number of carbonyl (C=O) groups is 2. The number of carboxylic acids is 1. The first kappa shape index (κ1) is 18.1. The highest BCUT2D eigenvalue weighted by atomic mass is 35.5. The zero-order chi connectivity index (χ0) is 17.7. The molecule has 0 bridgehead atoms. The number of hydrogen-bond donors (Lipinski definition) is 1. The molecular formula is C17H14Cl2O5. The molecule has 2 aromatic rings. The Morgan fingerprint density at radius 3 is 2.38 bits per heavy atom. The number of carbonyl (C=O) groups excluding carboxylic acids is 1. The van der Waals surface area contributed by atoms with E-state index in [0.717, 1.165) is 0 Å². The Bertz CT molecular complexity index is 753. The van der Waals surface area contributed by atoms with Gasteiger partial charge in [-0.05, 0) is 42.8 Å². The highest BCUT2D eigenvalue weighted by Gasteiger charge is 2.22. The van der Waals surface area contributed by atoms with Gasteiger partial charge in [-0.1, -0.05) is 29.3 Å². The maximum absolute atomic E-state index is 11.9. The first-order chi connectivity index (χ1) is 11.4. The van der Waals surface area contributed by atoms with E-state index in [-0.39, 0.29) is 30.1 Å². The van der Waals surface area contributed by atoms with Gasteiger partial charge in [0.25, 0.3) is 0 Å². The van der Waals surface area contributed by atoms with Gasteiger partial charge in [-0.25, -0.2) is 9.59 Å². The number of hydrogen-bond acceptors (Lipinski definition) is 4. The van der Waals surface area contributed by atoms with E-state index in [1.807, 2.05) is 0 Å². The van der Waals surface area contributed by atoms with Crippen molar-refractivity contribution in [3.63, 3.8) is 0 Å². The van der Waals surface area contributed by atoms with Gasteiger partial charge < -0.3 is 14.6 Å². The summed E-state index contributed by atoms with van der Waals surface area (Å²) in [6, 6.07) is 9.27. The number of ether oxygens (including phenoxy) is 2. The van der Waals surface area contributed by atoms with Crippen LogP contribution in [0.15, 0.2) is 36.4 Å². The van der Waals surface area contributed by atoms with Crippen LogP contribution in [-0.2, 0) is 11.3 Å². The summed E-state index contributed by atoms with van der Waals surface area (Å²) in [5.41, 5.74) is 0.362. The minimum atomic E-state index is -1.28. The molecule has 0 aliphatic rings. The van der Waals surface area contributed by atoms with E-state index in [9.17, 15) is 14.7 Å². The van der Waals surface area contributed by atoms with Crippen LogP contribution < -0.4 is 4.74 Å². The molecule has 0 aliphatic carbocycles. The second kappa shape index (κ2) is 8.04. The normalized spacial score (nSPS) is 10.3. The van der Waals surface area contributed by atoms with Crippen molar-refractivity contribution < 1.29 is 24.2 Å². The van der Waals surface area contributed by atoms with Crippen LogP contribution in [0.25, 0.3) is 0 Å². The number of rotatable bonds is 6. The van der Waals surface area contributed by atoms with E-state index < -0.39 is 11.9 Å². The van der Waals surface area contributed by atoms with Gasteiger partial charge in [0.05, 0.1) is 12.2 Å². The van der Waals surface area contributed by atoms with Crippen molar-refractivity contribution in [2.75, 3.05) is 6.61 Å². The fraction of sp³-hybridized carbons (Fsp3) is 0.176. The van der Waals surface area contributed by atoms with Crippen molar-refractivity contribution in [3.8, 4) is 5.75 Å². The molecule has 0 saturated heterocycles. The van der Waals surface area contributed by atoms with Crippen LogP contribution in [0, 0.1) is 0 Å². The molecule has 5 nitrogen and oxygen atoms in total. The smallest absolute Gasteiger partial charge is 0.340 e. The van der Waals surface area contributed by atoms with E-state index in [1.165, 1.54) is 18.2 Å². The molecule has 0 spiro atoms. The molecule has 2 aromatic carbocycles. The standard InChI is InChI=1S/C17H14Cl2O5/c1-2-23-17(22)13-4-3-5-14(15(13)16(20)21)24-9-10-6-11(18)8-12(19)7-10/h3-8H,2,9H2,1H3,(H,20,21). The van der Waals surface area contributed by atoms with E-state index in [0.29, 0.717) is 15.6 Å². The Balaban J connectivity index is 2.31. The van der Waals surface area contributed by atoms with Crippen molar-refractivity contribution in [1.29, 1.82) is 0 Å². The molecule has 0 unspecified atom stereocenters. The molecule has 24 heavy (non-hydrogen) atoms. The number of benzene rings is 2. The Morgan fingerprint density at radius 1 is 1.12 bits per heavy atom. The average Bonchev–Trinajstić information content (AvgIpc) is 2.51. The lowest BCUT2D eigenvalue weighted by molar-refractivity contribution is 0.0513. The molecule has 0 saturated carbocycles. The highest BCUT2D eigenvalue weighted by Crippen LogP contribution is 2.26. The molecule has 0 radical (unpaired) electrons. The molecular weight excluding hydrogens is 355 g/mol. The average molecular weight is 369 g/mol. The summed E-state index contributed by atoms with van der Waals surface area (Å²) >= 11 is 11.8. The van der Waals surface area contributed by atoms with Crippen LogP contribution >= 0.6 is 23.2 Å². The van der Waals surface area contributed by atoms with Crippen LogP contribution in [0.4, 0.5) is 0 Å². The van der Waals surface area contributed by atoms with Crippen LogP contribution in [0.2, 0.25) is 10.0 Å². The first-order valence-corrected chi connectivity index (χ1v) is 7.79. The third-order valence-electron chi connectivity index (χ3n) is 3.05. The lowest BCUT2D eigenvalue weighted by atomic mass is 10.1. The van der Waals surface area contributed by atoms with Gasteiger partial charge in [0.2, 0.25) is 0 Å². The lowest BCUT2D eigenvalue weighted by Crippen LogP contribution is -2.13. The molecule has 2 rings (SSSR count). The Morgan fingerprint density at radius 2 is 1.79 bits per heavy atom. The quantitative estimate of drug-likeness (QED) is 0.762. The van der Waals surface area contributed by atoms with Crippen molar-refractivity contribution in [1.82, 2.24) is 0 Å². The lowest BCUT2D eigenvalue weighted by Gasteiger charge is -2.12. The molecule has 7 heteroatoms. The molecule has 0 atom stereocenters. The minimum absolute atomic E-state index is 0.0485. The first-order valence-electron chi connectivity index (χ1n) is 7.03. The van der Waals surface area contributed by atoms with E-state index in [1.54, 1.807) is 25.1 Å². The second-order valence-corrected chi connectivity index (χ2v) is 5.64. The molecule has 0 aliphatic heterocycles. The zero-order valence-corrected chi connectivity index (χ0v) is 14.2. The minimum Gasteiger partial charge on any atom is -0.488 e. The molecule has 126 valence electrons. The van der Waals surface area contributed by atoms with Crippen LogP contribution in [-0.4, -0.2) is 23.7 Å². The number of carboxylic acid groups (broad SMARTS) is 1. The summed E-state index contributed by atoms with van der Waals surface area (Å²) in [6.45, 7) is 1.83. The Labute approximate surface area is 148 Å². The maximum Gasteiger partial charge on any atom is 0.340 e. The third-order valence-corrected chi connectivity index (χ3v) is 3.49. The molecule has 0 aromatic heterocycles. The van der Waals surface area contributed by atoms with Gasteiger partial charge in [-0.3, -0.25) is 0 Å². The van der Waals surface area contributed by atoms with Gasteiger partial charge >= 0.3 is 11.9 Å². The predicted octanol–water partition coefficient (Wildman–Crippen LogP) is 4.45. The summed E-state index contributed by atoms with van der Waals surface area (Å²) in [5.74, 6) is -1.94. The zero-order valence-electron chi connectivity index (χ0n) is 12.7. The molecule has 1 N–H and O–H groups in total. The Hall–Kier alpha value is -2.24. The Kier molecular flexibility index (Phi) is 6.06. The van der Waals surface area contributed by atoms with Crippen LogP contribution in [0.3, 0.4) is 0 Å². The van der Waals surface area contributed by atoms with Gasteiger partial charge in [-0.2, -0.15) is 0 Å². The summed E-state index contributed by atoms with van der Waals surface area (Å²) in [5, 5.41) is 10.3. The summed E-state index contributed by atoms with van der Waals surface area (Å²) < 4.78 is 10.4. The maximum atomic E-state index is 11.9. The molecule has 0 heterocycles. The topological polar surface area (TPSA) is 72.8 Å². The predicted molar refractivity (Wildman–Crippen MR) is 90.2 cm³/mol. The van der Waals surface area contributed by atoms with Gasteiger partial charge in [-0.15, -0.1) is 0 Å². The fourth-order valence-electron chi connectivity index (χ4n) is 2.11. The highest BCUT2D eigenvalue weighted by molar-refractivity contribution is 6.34. The molecule has 0 amide bonds. The fourth-order valence-corrected chi connectivity index (χ4v) is 2.68. The van der Waals surface area contributed by atoms with E-state index >= 15 is 0 Å². The van der Waals surface area contributed by atoms with E-state index in [4.69, 9.17) is 32.7 Å². The van der Waals surface area contributed by atoms with E-state index in [2.05, 4.69) is 0 Å². The SMILES string of the molecule is CCOC(=O)c1cccc(OCc2cc(Cl)cc(Cl)c2)c1C(=O)O. The van der Waals surface area contributed by atoms with Gasteiger partial charge in [0.1, 0.15) is 17.9 Å². The third kappa shape index (κ3) is 4.40. The summed E-state index contributed by atoms with van der Waals surface area (Å²) in [7, 11) is 0. The van der Waals surface area contributed by atoms with Gasteiger partial charge in [0, 0.05) is 10.0 Å². The van der Waals surface area contributed by atoms with Crippen molar-refractivity contribution in [2.45, 2.75) is 13.5 Å². The summed E-state index contributed by atoms with van der Waals surface area (Å²) in [6.07, 6.45) is 0. The van der Waals surface area contributed by atoms with Crippen LogP contribution in [0.5, 0.6) is 5.75 Å². The number of halogens is 2. The largest absolute Gasteiger partial charge is 0.488 e. The second-order valence-electron chi connectivity index (χ2n) is 4.77. The van der Waals surface area contributed by atoms with Crippen molar-refractivity contribution >= 4 is 35.1 Å². The summed E-state index contributed by atoms with van der Waals surface area (Å²) in [4.78, 5) is 23.5. The number of esters is 1. The van der Waals surface area contributed by atoms with Crippen LogP contribution in [0.1, 0.15) is 33.2 Å². The van der Waals surface area contributed by atoms with Gasteiger partial charge in [0.15, 0.2) is 0 Å². The number of aromatic carboxylic acids is 1. The van der Waals surface area contributed by atoms with Crippen molar-refractivity contribution in [2.24, 2.45) is 0 Å². The van der Waals surface area contributed by atoms with Crippen molar-refractivity contribution in [3.05, 3.63) is 63.1 Å². The monoisotopic (exact) mass is 368 g/mol.